The van der Waals surface area contributed by atoms with Gasteiger partial charge in [-0.3, -0.25) is 0 Å². The molecule has 3 aromatic carbocycles. The molecule has 0 atom stereocenters. The highest BCUT2D eigenvalue weighted by Crippen LogP contribution is 2.45. The number of hydrogen-bond donors (Lipinski definition) is 0. The number of rotatable bonds is 15. The lowest BCUT2D eigenvalue weighted by Gasteiger charge is -2.18. The fourth-order valence-corrected chi connectivity index (χ4v) is 5.76. The van der Waals surface area contributed by atoms with E-state index < -0.39 is 5.97 Å². The first kappa shape index (κ1) is 31.1. The predicted molar refractivity (Wildman–Crippen MR) is 153 cm³/mol. The van der Waals surface area contributed by atoms with Gasteiger partial charge in [-0.2, -0.15) is 0 Å². The monoisotopic (exact) mass is 538 g/mol. The molecular formula is C32H42O5S. The fourth-order valence-electron chi connectivity index (χ4n) is 3.52. The number of unbranched alkanes of at least 4 members (excludes halogenated alkanes) is 3. The van der Waals surface area contributed by atoms with Gasteiger partial charge in [0.2, 0.25) is 4.90 Å². The standard InChI is InChI=1S/C30H39O3S.C2H4O2/c1-4-7-20-31-25-23-28(32-21-8-5-2)30(29(24-25)33-22-9-6-3)34(26-16-12-10-13-17-26)27-18-14-11-15-19-27;1-2(3)4/h10-19,23-24H,4-9,20-22H2,1-3H3;1H3,(H,3,4)/q+1;/p-1. The van der Waals surface area contributed by atoms with Gasteiger partial charge < -0.3 is 24.1 Å². The van der Waals surface area contributed by atoms with Crippen LogP contribution < -0.4 is 19.3 Å². The second-order valence-electron chi connectivity index (χ2n) is 8.78. The van der Waals surface area contributed by atoms with Crippen LogP contribution in [0.5, 0.6) is 17.2 Å². The Morgan fingerprint density at radius 3 is 1.42 bits per heavy atom. The summed E-state index contributed by atoms with van der Waals surface area (Å²) in [4.78, 5) is 12.5. The van der Waals surface area contributed by atoms with Crippen molar-refractivity contribution in [1.82, 2.24) is 0 Å². The van der Waals surface area contributed by atoms with Crippen LogP contribution in [0.15, 0.2) is 87.5 Å². The van der Waals surface area contributed by atoms with Crippen LogP contribution in [0.1, 0.15) is 66.2 Å². The van der Waals surface area contributed by atoms with Crippen LogP contribution in [-0.2, 0) is 15.7 Å². The molecular weight excluding hydrogens is 496 g/mol. The second kappa shape index (κ2) is 18.2. The molecule has 5 nitrogen and oxygen atoms in total. The third-order valence-corrected chi connectivity index (χ3v) is 7.73. The highest BCUT2D eigenvalue weighted by Gasteiger charge is 2.36. The van der Waals surface area contributed by atoms with Crippen LogP contribution in [0.3, 0.4) is 0 Å². The molecule has 0 unspecified atom stereocenters. The van der Waals surface area contributed by atoms with Crippen LogP contribution in [0, 0.1) is 0 Å². The van der Waals surface area contributed by atoms with Crippen LogP contribution in [0.25, 0.3) is 0 Å². The Morgan fingerprint density at radius 2 is 1.05 bits per heavy atom. The maximum atomic E-state index is 8.89. The zero-order valence-electron chi connectivity index (χ0n) is 23.2. The largest absolute Gasteiger partial charge is 0.550 e. The van der Waals surface area contributed by atoms with E-state index in [0.717, 1.165) is 67.6 Å². The number of carboxylic acids is 1. The Balaban J connectivity index is 0.00000118. The van der Waals surface area contributed by atoms with Gasteiger partial charge in [0.05, 0.1) is 19.8 Å². The number of aliphatic carboxylic acids is 1. The molecule has 0 heterocycles. The molecule has 38 heavy (non-hydrogen) atoms. The summed E-state index contributed by atoms with van der Waals surface area (Å²) < 4.78 is 19.0. The van der Waals surface area contributed by atoms with Crippen LogP contribution in [0.4, 0.5) is 0 Å². The molecule has 0 fully saturated rings. The minimum absolute atomic E-state index is 0.370. The van der Waals surface area contributed by atoms with Crippen molar-refractivity contribution in [2.24, 2.45) is 0 Å². The predicted octanol–water partition coefficient (Wildman–Crippen LogP) is 7.07. The molecule has 206 valence electrons. The molecule has 0 aliphatic heterocycles. The summed E-state index contributed by atoms with van der Waals surface area (Å²) in [5.74, 6) is 1.47. The zero-order valence-corrected chi connectivity index (χ0v) is 24.1. The molecule has 0 aliphatic rings. The van der Waals surface area contributed by atoms with Gasteiger partial charge >= 0.3 is 0 Å². The van der Waals surface area contributed by atoms with Gasteiger partial charge in [-0.05, 0) is 50.5 Å². The Morgan fingerprint density at radius 1 is 0.684 bits per heavy atom. The quantitative estimate of drug-likeness (QED) is 0.153. The van der Waals surface area contributed by atoms with Crippen molar-refractivity contribution >= 4 is 16.9 Å². The highest BCUT2D eigenvalue weighted by molar-refractivity contribution is 7.97. The highest BCUT2D eigenvalue weighted by atomic mass is 32.2. The van der Waals surface area contributed by atoms with Crippen LogP contribution >= 0.6 is 0 Å². The molecule has 0 saturated carbocycles. The molecule has 3 rings (SSSR count). The summed E-state index contributed by atoms with van der Waals surface area (Å²) in [5, 5.41) is 8.89. The van der Waals surface area contributed by atoms with E-state index in [0.29, 0.717) is 19.8 Å². The third kappa shape index (κ3) is 10.7. The smallest absolute Gasteiger partial charge is 0.250 e. The molecule has 6 heteroatoms. The lowest BCUT2D eigenvalue weighted by atomic mass is 10.2. The number of carbonyl (C=O) groups is 1. The number of carboxylic acid groups (broad SMARTS) is 1. The van der Waals surface area contributed by atoms with Gasteiger partial charge in [0.15, 0.2) is 21.3 Å². The lowest BCUT2D eigenvalue weighted by molar-refractivity contribution is -0.302. The summed E-state index contributed by atoms with van der Waals surface area (Å²) in [5.41, 5.74) is 0. The summed E-state index contributed by atoms with van der Waals surface area (Å²) in [6, 6.07) is 25.5. The first-order chi connectivity index (χ1) is 18.5. The summed E-state index contributed by atoms with van der Waals surface area (Å²) in [6.07, 6.45) is 6.32. The Labute approximate surface area is 231 Å². The lowest BCUT2D eigenvalue weighted by Crippen LogP contribution is -2.16. The van der Waals surface area contributed by atoms with Gasteiger partial charge in [-0.25, -0.2) is 0 Å². The van der Waals surface area contributed by atoms with E-state index in [1.165, 1.54) is 9.79 Å². The molecule has 0 N–H and O–H groups in total. The maximum Gasteiger partial charge on any atom is 0.250 e. The molecule has 0 radical (unpaired) electrons. The van der Waals surface area contributed by atoms with Gasteiger partial charge in [0.25, 0.3) is 0 Å². The summed E-state index contributed by atoms with van der Waals surface area (Å²) in [6.45, 7) is 9.57. The first-order valence-corrected chi connectivity index (χ1v) is 14.8. The van der Waals surface area contributed by atoms with E-state index in [4.69, 9.17) is 24.1 Å². The fraction of sp³-hybridized carbons (Fsp3) is 0.406. The summed E-state index contributed by atoms with van der Waals surface area (Å²) >= 11 is 0. The molecule has 0 amide bonds. The number of carbonyl (C=O) groups excluding carboxylic acids is 1. The normalized spacial score (nSPS) is 10.4. The van der Waals surface area contributed by atoms with Gasteiger partial charge in [-0.1, -0.05) is 76.4 Å². The van der Waals surface area contributed by atoms with E-state index in [9.17, 15) is 0 Å². The van der Waals surface area contributed by atoms with Gasteiger partial charge in [0.1, 0.15) is 16.6 Å². The van der Waals surface area contributed by atoms with Gasteiger partial charge in [0, 0.05) is 18.1 Å². The zero-order chi connectivity index (χ0) is 27.6. The van der Waals surface area contributed by atoms with E-state index in [2.05, 4.69) is 93.6 Å². The Bertz CT molecular complexity index is 981. The summed E-state index contributed by atoms with van der Waals surface area (Å²) in [7, 11) is -0.370. The molecule has 0 aliphatic carbocycles. The van der Waals surface area contributed by atoms with Crippen molar-refractivity contribution in [2.75, 3.05) is 19.8 Å². The number of ether oxygens (including phenoxy) is 3. The Kier molecular flexibility index (Phi) is 14.9. The third-order valence-electron chi connectivity index (χ3n) is 5.43. The van der Waals surface area contributed by atoms with E-state index in [-0.39, 0.29) is 10.9 Å². The van der Waals surface area contributed by atoms with E-state index in [1.54, 1.807) is 0 Å². The molecule has 0 bridgehead atoms. The van der Waals surface area contributed by atoms with Crippen molar-refractivity contribution in [3.63, 3.8) is 0 Å². The second-order valence-corrected chi connectivity index (χ2v) is 10.7. The molecule has 3 aromatic rings. The van der Waals surface area contributed by atoms with Crippen molar-refractivity contribution in [3.05, 3.63) is 72.8 Å². The SMILES string of the molecule is CC(=O)[O-].CCCCOc1cc(OCCCC)c([S+](c2ccccc2)c2ccccc2)c(OCCCC)c1. The molecule has 0 saturated heterocycles. The van der Waals surface area contributed by atoms with Crippen LogP contribution in [0.2, 0.25) is 0 Å². The molecule has 0 aromatic heterocycles. The maximum absolute atomic E-state index is 8.89. The van der Waals surface area contributed by atoms with Crippen LogP contribution in [-0.4, -0.2) is 25.8 Å². The van der Waals surface area contributed by atoms with Crippen molar-refractivity contribution < 1.29 is 24.1 Å². The van der Waals surface area contributed by atoms with Gasteiger partial charge in [-0.15, -0.1) is 0 Å². The molecule has 0 spiro atoms. The number of benzene rings is 3. The van der Waals surface area contributed by atoms with E-state index >= 15 is 0 Å². The van der Waals surface area contributed by atoms with Crippen molar-refractivity contribution in [3.8, 4) is 17.2 Å². The average Bonchev–Trinajstić information content (AvgIpc) is 2.91. The first-order valence-electron chi connectivity index (χ1n) is 13.6. The van der Waals surface area contributed by atoms with Crippen molar-refractivity contribution in [1.29, 1.82) is 0 Å². The van der Waals surface area contributed by atoms with Crippen molar-refractivity contribution in [2.45, 2.75) is 80.9 Å². The van der Waals surface area contributed by atoms with E-state index in [1.807, 2.05) is 0 Å². The Hall–Kier alpha value is -3.12. The topological polar surface area (TPSA) is 67.8 Å². The average molecular weight is 539 g/mol. The minimum atomic E-state index is -1.08. The number of hydrogen-bond acceptors (Lipinski definition) is 5. The minimum Gasteiger partial charge on any atom is -0.550 e.